The van der Waals surface area contributed by atoms with Crippen molar-refractivity contribution < 1.29 is 14.3 Å². The molecular weight excluding hydrogens is 244 g/mol. The van der Waals surface area contributed by atoms with Crippen molar-refractivity contribution in [3.05, 3.63) is 0 Å². The van der Waals surface area contributed by atoms with E-state index in [4.69, 9.17) is 15.2 Å². The van der Waals surface area contributed by atoms with Crippen LogP contribution >= 0.6 is 0 Å². The molecular formula is C14H28N2O3. The van der Waals surface area contributed by atoms with Gasteiger partial charge in [0.2, 0.25) is 0 Å². The van der Waals surface area contributed by atoms with Gasteiger partial charge in [0.05, 0.1) is 13.2 Å². The van der Waals surface area contributed by atoms with Gasteiger partial charge in [0.1, 0.15) is 5.54 Å². The zero-order valence-corrected chi connectivity index (χ0v) is 12.5. The second-order valence-corrected chi connectivity index (χ2v) is 5.73. The molecule has 0 radical (unpaired) electrons. The molecule has 1 aliphatic rings. The van der Waals surface area contributed by atoms with E-state index in [0.717, 1.165) is 32.7 Å². The predicted molar refractivity (Wildman–Crippen MR) is 74.9 cm³/mol. The Balaban J connectivity index is 2.27. The van der Waals surface area contributed by atoms with E-state index in [2.05, 4.69) is 11.9 Å². The second kappa shape index (κ2) is 7.82. The van der Waals surface area contributed by atoms with Gasteiger partial charge in [-0.2, -0.15) is 0 Å². The minimum atomic E-state index is -0.896. The molecule has 1 heterocycles. The van der Waals surface area contributed by atoms with Crippen molar-refractivity contribution in [2.24, 2.45) is 11.7 Å². The summed E-state index contributed by atoms with van der Waals surface area (Å²) in [7, 11) is 2.07. The van der Waals surface area contributed by atoms with Gasteiger partial charge in [0, 0.05) is 19.7 Å². The van der Waals surface area contributed by atoms with E-state index < -0.39 is 5.54 Å². The summed E-state index contributed by atoms with van der Waals surface area (Å²) in [6.45, 7) is 7.44. The summed E-state index contributed by atoms with van der Waals surface area (Å²) in [5, 5.41) is 0. The average Bonchev–Trinajstić information content (AvgIpc) is 2.38. The standard InChI is InChI=1S/C14H28N2O3/c1-4-19-13(17)14(2,15)7-8-16(3)10-12-6-5-9-18-11-12/h12H,4-11,15H2,1-3H3. The Morgan fingerprint density at radius 2 is 2.32 bits per heavy atom. The summed E-state index contributed by atoms with van der Waals surface area (Å²) >= 11 is 0. The van der Waals surface area contributed by atoms with Crippen molar-refractivity contribution in [1.82, 2.24) is 4.90 Å². The van der Waals surface area contributed by atoms with Gasteiger partial charge in [-0.25, -0.2) is 0 Å². The fraction of sp³-hybridized carbons (Fsp3) is 0.929. The lowest BCUT2D eigenvalue weighted by atomic mass is 9.98. The van der Waals surface area contributed by atoms with E-state index in [1.807, 2.05) is 0 Å². The summed E-state index contributed by atoms with van der Waals surface area (Å²) in [6.07, 6.45) is 2.98. The lowest BCUT2D eigenvalue weighted by Gasteiger charge is -2.29. The lowest BCUT2D eigenvalue weighted by molar-refractivity contribution is -0.149. The minimum absolute atomic E-state index is 0.315. The van der Waals surface area contributed by atoms with Crippen molar-refractivity contribution in [2.75, 3.05) is 40.0 Å². The summed E-state index contributed by atoms with van der Waals surface area (Å²) in [5.41, 5.74) is 5.11. The number of hydrogen-bond donors (Lipinski definition) is 1. The number of esters is 1. The van der Waals surface area contributed by atoms with E-state index in [1.165, 1.54) is 6.42 Å². The fourth-order valence-electron chi connectivity index (χ4n) is 2.30. The quantitative estimate of drug-likeness (QED) is 0.701. The van der Waals surface area contributed by atoms with Crippen LogP contribution in [0.25, 0.3) is 0 Å². The molecule has 0 amide bonds. The van der Waals surface area contributed by atoms with Gasteiger partial charge in [-0.05, 0) is 46.1 Å². The molecule has 1 rings (SSSR count). The molecule has 112 valence electrons. The van der Waals surface area contributed by atoms with Crippen molar-refractivity contribution in [1.29, 1.82) is 0 Å². The third-order valence-corrected chi connectivity index (χ3v) is 3.58. The number of ether oxygens (including phenoxy) is 2. The summed E-state index contributed by atoms with van der Waals surface area (Å²) in [6, 6.07) is 0. The van der Waals surface area contributed by atoms with Crippen LogP contribution in [-0.2, 0) is 14.3 Å². The van der Waals surface area contributed by atoms with Crippen molar-refractivity contribution >= 4 is 5.97 Å². The Kier molecular flexibility index (Phi) is 6.75. The van der Waals surface area contributed by atoms with Crippen LogP contribution in [0, 0.1) is 5.92 Å². The third-order valence-electron chi connectivity index (χ3n) is 3.58. The van der Waals surface area contributed by atoms with Crippen LogP contribution < -0.4 is 5.73 Å². The van der Waals surface area contributed by atoms with Crippen molar-refractivity contribution in [3.8, 4) is 0 Å². The normalized spacial score (nSPS) is 23.1. The molecule has 0 bridgehead atoms. The summed E-state index contributed by atoms with van der Waals surface area (Å²) < 4.78 is 10.5. The molecule has 0 aromatic heterocycles. The Morgan fingerprint density at radius 1 is 1.58 bits per heavy atom. The first-order valence-corrected chi connectivity index (χ1v) is 7.18. The maximum absolute atomic E-state index is 11.7. The number of nitrogens with two attached hydrogens (primary N) is 1. The number of nitrogens with zero attached hydrogens (tertiary/aromatic N) is 1. The van der Waals surface area contributed by atoms with E-state index in [9.17, 15) is 4.79 Å². The van der Waals surface area contributed by atoms with Gasteiger partial charge in [-0.15, -0.1) is 0 Å². The Hall–Kier alpha value is -0.650. The highest BCUT2D eigenvalue weighted by atomic mass is 16.5. The molecule has 5 heteroatoms. The molecule has 2 N–H and O–H groups in total. The van der Waals surface area contributed by atoms with Gasteiger partial charge < -0.3 is 20.1 Å². The van der Waals surface area contributed by atoms with Crippen LogP contribution in [0.1, 0.15) is 33.1 Å². The molecule has 2 unspecified atom stereocenters. The molecule has 1 saturated heterocycles. The number of carbonyl (C=O) groups excluding carboxylic acids is 1. The molecule has 19 heavy (non-hydrogen) atoms. The average molecular weight is 272 g/mol. The van der Waals surface area contributed by atoms with Crippen molar-refractivity contribution in [2.45, 2.75) is 38.6 Å². The summed E-state index contributed by atoms with van der Waals surface area (Å²) in [4.78, 5) is 13.9. The SMILES string of the molecule is CCOC(=O)C(C)(N)CCN(C)CC1CCCOC1. The second-order valence-electron chi connectivity index (χ2n) is 5.73. The van der Waals surface area contributed by atoms with E-state index >= 15 is 0 Å². The Morgan fingerprint density at radius 3 is 2.89 bits per heavy atom. The Labute approximate surface area is 116 Å². The molecule has 0 aliphatic carbocycles. The molecule has 1 aliphatic heterocycles. The van der Waals surface area contributed by atoms with Gasteiger partial charge >= 0.3 is 5.97 Å². The Bertz CT molecular complexity index is 276. The first kappa shape index (κ1) is 16.4. The fourth-order valence-corrected chi connectivity index (χ4v) is 2.30. The van der Waals surface area contributed by atoms with Gasteiger partial charge in [0.25, 0.3) is 0 Å². The monoisotopic (exact) mass is 272 g/mol. The maximum Gasteiger partial charge on any atom is 0.325 e. The first-order valence-electron chi connectivity index (χ1n) is 7.18. The van der Waals surface area contributed by atoms with E-state index in [0.29, 0.717) is 18.9 Å². The first-order chi connectivity index (χ1) is 8.95. The lowest BCUT2D eigenvalue weighted by Crippen LogP contribution is -2.48. The highest BCUT2D eigenvalue weighted by Crippen LogP contribution is 2.15. The van der Waals surface area contributed by atoms with Gasteiger partial charge in [-0.3, -0.25) is 4.79 Å². The number of rotatable bonds is 7. The van der Waals surface area contributed by atoms with Gasteiger partial charge in [-0.1, -0.05) is 0 Å². The van der Waals surface area contributed by atoms with Crippen LogP contribution in [0.15, 0.2) is 0 Å². The van der Waals surface area contributed by atoms with Crippen molar-refractivity contribution in [3.63, 3.8) is 0 Å². The number of carbonyl (C=O) groups is 1. The highest BCUT2D eigenvalue weighted by molar-refractivity contribution is 5.79. The molecule has 0 saturated carbocycles. The molecule has 2 atom stereocenters. The molecule has 1 fully saturated rings. The molecule has 0 spiro atoms. The van der Waals surface area contributed by atoms with E-state index in [1.54, 1.807) is 13.8 Å². The maximum atomic E-state index is 11.7. The van der Waals surface area contributed by atoms with Crippen LogP contribution in [0.3, 0.4) is 0 Å². The third kappa shape index (κ3) is 5.89. The zero-order valence-electron chi connectivity index (χ0n) is 12.5. The zero-order chi connectivity index (χ0) is 14.3. The van der Waals surface area contributed by atoms with E-state index in [-0.39, 0.29) is 5.97 Å². The number of hydrogen-bond acceptors (Lipinski definition) is 5. The van der Waals surface area contributed by atoms with Crippen LogP contribution in [0.4, 0.5) is 0 Å². The van der Waals surface area contributed by atoms with Crippen LogP contribution in [0.2, 0.25) is 0 Å². The molecule has 0 aromatic rings. The van der Waals surface area contributed by atoms with Crippen LogP contribution in [0.5, 0.6) is 0 Å². The molecule has 0 aromatic carbocycles. The van der Waals surface area contributed by atoms with Crippen LogP contribution in [-0.4, -0.2) is 56.4 Å². The smallest absolute Gasteiger partial charge is 0.325 e. The highest BCUT2D eigenvalue weighted by Gasteiger charge is 2.30. The molecule has 5 nitrogen and oxygen atoms in total. The summed E-state index contributed by atoms with van der Waals surface area (Å²) in [5.74, 6) is 0.287. The van der Waals surface area contributed by atoms with Gasteiger partial charge in [0.15, 0.2) is 0 Å². The minimum Gasteiger partial charge on any atom is -0.465 e. The topological polar surface area (TPSA) is 64.8 Å². The largest absolute Gasteiger partial charge is 0.465 e. The predicted octanol–water partition coefficient (Wildman–Crippen LogP) is 1.02.